The van der Waals surface area contributed by atoms with Gasteiger partial charge in [0.15, 0.2) is 23.1 Å². The highest BCUT2D eigenvalue weighted by Crippen LogP contribution is 2.34. The molecule has 0 N–H and O–H groups in total. The lowest BCUT2D eigenvalue weighted by molar-refractivity contribution is -0.131. The molecule has 2 rings (SSSR count). The van der Waals surface area contributed by atoms with Crippen LogP contribution in [0, 0.1) is 11.6 Å². The molecule has 1 unspecified atom stereocenters. The first kappa shape index (κ1) is 22.1. The highest BCUT2D eigenvalue weighted by molar-refractivity contribution is 9.10. The highest BCUT2D eigenvalue weighted by atomic mass is 79.9. The van der Waals surface area contributed by atoms with Crippen molar-refractivity contribution in [1.29, 1.82) is 0 Å². The van der Waals surface area contributed by atoms with Crippen LogP contribution < -0.4 is 9.47 Å². The van der Waals surface area contributed by atoms with Crippen LogP contribution in [0.25, 0.3) is 0 Å². The van der Waals surface area contributed by atoms with Gasteiger partial charge >= 0.3 is 0 Å². The molecule has 2 aromatic rings. The number of ether oxygens (including phenoxy) is 2. The zero-order valence-electron chi connectivity index (χ0n) is 16.4. The van der Waals surface area contributed by atoms with Gasteiger partial charge in [-0.2, -0.15) is 0 Å². The Morgan fingerprint density at radius 1 is 1.07 bits per heavy atom. The van der Waals surface area contributed by atoms with E-state index >= 15 is 0 Å². The van der Waals surface area contributed by atoms with E-state index in [0.717, 1.165) is 22.2 Å². The van der Waals surface area contributed by atoms with Crippen LogP contribution in [-0.2, 0) is 11.2 Å². The second-order valence-corrected chi connectivity index (χ2v) is 7.14. The predicted octanol–water partition coefficient (Wildman–Crippen LogP) is 5.29. The molecule has 2 aromatic carbocycles. The smallest absolute Gasteiger partial charge is 0.227 e. The highest BCUT2D eigenvalue weighted by Gasteiger charge is 2.21. The maximum Gasteiger partial charge on any atom is 0.227 e. The number of nitrogens with zero attached hydrogens (tertiary/aromatic N) is 1. The molecule has 0 saturated carbocycles. The van der Waals surface area contributed by atoms with E-state index in [2.05, 4.69) is 15.9 Å². The van der Waals surface area contributed by atoms with Crippen LogP contribution in [0.1, 0.15) is 37.9 Å². The number of hydrogen-bond donors (Lipinski definition) is 0. The molecule has 1 atom stereocenters. The molecule has 4 nitrogen and oxygen atoms in total. The van der Waals surface area contributed by atoms with Gasteiger partial charge < -0.3 is 14.4 Å². The fourth-order valence-corrected chi connectivity index (χ4v) is 3.21. The van der Waals surface area contributed by atoms with Crippen molar-refractivity contribution in [3.8, 4) is 11.5 Å². The first-order valence-corrected chi connectivity index (χ1v) is 9.86. The molecule has 0 aromatic heterocycles. The van der Waals surface area contributed by atoms with Crippen LogP contribution in [0.2, 0.25) is 0 Å². The Labute approximate surface area is 172 Å². The molecule has 1 amide bonds. The minimum atomic E-state index is -0.930. The molecule has 7 heteroatoms. The molecule has 0 bridgehead atoms. The van der Waals surface area contributed by atoms with Gasteiger partial charge in [0.2, 0.25) is 5.91 Å². The van der Waals surface area contributed by atoms with Crippen molar-refractivity contribution in [1.82, 2.24) is 4.90 Å². The minimum Gasteiger partial charge on any atom is -0.490 e. The molecule has 0 saturated heterocycles. The zero-order valence-corrected chi connectivity index (χ0v) is 18.0. The van der Waals surface area contributed by atoms with Gasteiger partial charge in [0.1, 0.15) is 0 Å². The van der Waals surface area contributed by atoms with Crippen molar-refractivity contribution in [2.75, 3.05) is 20.3 Å². The van der Waals surface area contributed by atoms with E-state index in [4.69, 9.17) is 9.47 Å². The molecule has 0 aliphatic heterocycles. The minimum absolute atomic E-state index is 0.123. The summed E-state index contributed by atoms with van der Waals surface area (Å²) in [6.45, 7) is 6.50. The summed E-state index contributed by atoms with van der Waals surface area (Å²) in [6, 6.07) is 6.83. The quantitative estimate of drug-likeness (QED) is 0.542. The van der Waals surface area contributed by atoms with Crippen LogP contribution in [0.15, 0.2) is 34.8 Å². The predicted molar refractivity (Wildman–Crippen MR) is 108 cm³/mol. The van der Waals surface area contributed by atoms with Gasteiger partial charge in [-0.1, -0.05) is 22.0 Å². The molecule has 0 fully saturated rings. The fourth-order valence-electron chi connectivity index (χ4n) is 2.75. The molecule has 0 spiro atoms. The first-order valence-electron chi connectivity index (χ1n) is 9.07. The number of carbonyl (C=O) groups excluding carboxylic acids is 1. The maximum atomic E-state index is 13.5. The van der Waals surface area contributed by atoms with Gasteiger partial charge in [0.05, 0.1) is 25.7 Å². The Hall–Kier alpha value is -2.15. The molecule has 152 valence electrons. The molecule has 0 aliphatic carbocycles. The van der Waals surface area contributed by atoms with Gasteiger partial charge in [-0.3, -0.25) is 4.79 Å². The van der Waals surface area contributed by atoms with E-state index in [9.17, 15) is 13.6 Å². The average molecular weight is 456 g/mol. The van der Waals surface area contributed by atoms with Crippen molar-refractivity contribution < 1.29 is 23.0 Å². The van der Waals surface area contributed by atoms with E-state index in [1.165, 1.54) is 11.0 Å². The first-order chi connectivity index (χ1) is 13.3. The van der Waals surface area contributed by atoms with Crippen molar-refractivity contribution >= 4 is 21.8 Å². The Bertz CT molecular complexity index is 845. The molecular weight excluding hydrogens is 432 g/mol. The molecule has 28 heavy (non-hydrogen) atoms. The lowest BCUT2D eigenvalue weighted by Crippen LogP contribution is -2.31. The standard InChI is InChI=1S/C21H24BrF2NO3/c1-5-27-19-10-15(16(22)12-20(19)28-6-2)11-21(26)25(4)13(3)14-7-8-17(23)18(24)9-14/h7-10,12-13H,5-6,11H2,1-4H3. The van der Waals surface area contributed by atoms with E-state index in [1.807, 2.05) is 13.8 Å². The van der Waals surface area contributed by atoms with Crippen molar-refractivity contribution in [3.63, 3.8) is 0 Å². The average Bonchev–Trinajstić information content (AvgIpc) is 2.66. The van der Waals surface area contributed by atoms with E-state index in [0.29, 0.717) is 30.3 Å². The second kappa shape index (κ2) is 9.87. The lowest BCUT2D eigenvalue weighted by Gasteiger charge is -2.26. The number of amides is 1. The third kappa shape index (κ3) is 5.22. The Kier molecular flexibility index (Phi) is 7.80. The van der Waals surface area contributed by atoms with Gasteiger partial charge in [-0.05, 0) is 56.2 Å². The summed E-state index contributed by atoms with van der Waals surface area (Å²) in [5.41, 5.74) is 1.27. The summed E-state index contributed by atoms with van der Waals surface area (Å²) in [6.07, 6.45) is 0.123. The molecule has 0 heterocycles. The Morgan fingerprint density at radius 2 is 1.68 bits per heavy atom. The number of hydrogen-bond acceptors (Lipinski definition) is 3. The third-order valence-electron chi connectivity index (χ3n) is 4.45. The fraction of sp³-hybridized carbons (Fsp3) is 0.381. The summed E-state index contributed by atoms with van der Waals surface area (Å²) < 4.78 is 38.6. The number of rotatable bonds is 8. The topological polar surface area (TPSA) is 38.8 Å². The monoisotopic (exact) mass is 455 g/mol. The van der Waals surface area contributed by atoms with Crippen LogP contribution in [0.4, 0.5) is 8.78 Å². The van der Waals surface area contributed by atoms with Gasteiger partial charge in [0, 0.05) is 11.5 Å². The molecule has 0 aliphatic rings. The van der Waals surface area contributed by atoms with Crippen LogP contribution in [0.5, 0.6) is 11.5 Å². The van der Waals surface area contributed by atoms with E-state index < -0.39 is 17.7 Å². The number of halogens is 3. The summed E-state index contributed by atoms with van der Waals surface area (Å²) >= 11 is 3.48. The van der Waals surface area contributed by atoms with Gasteiger partial charge in [-0.15, -0.1) is 0 Å². The van der Waals surface area contributed by atoms with Gasteiger partial charge in [-0.25, -0.2) is 8.78 Å². The summed E-state index contributed by atoms with van der Waals surface area (Å²) in [7, 11) is 1.64. The third-order valence-corrected chi connectivity index (χ3v) is 5.19. The summed E-state index contributed by atoms with van der Waals surface area (Å²) in [5.74, 6) is -0.820. The SMILES string of the molecule is CCOc1cc(Br)c(CC(=O)N(C)C(C)c2ccc(F)c(F)c2)cc1OCC. The normalized spacial score (nSPS) is 11.8. The molecular formula is C21H24BrF2NO3. The van der Waals surface area contributed by atoms with Crippen molar-refractivity contribution in [2.45, 2.75) is 33.2 Å². The van der Waals surface area contributed by atoms with Crippen LogP contribution in [-0.4, -0.2) is 31.1 Å². The summed E-state index contributed by atoms with van der Waals surface area (Å²) in [4.78, 5) is 14.3. The van der Waals surface area contributed by atoms with E-state index in [-0.39, 0.29) is 12.3 Å². The number of likely N-dealkylation sites (N-methyl/N-ethyl adjacent to an activating group) is 1. The Morgan fingerprint density at radius 3 is 2.25 bits per heavy atom. The number of carbonyl (C=O) groups is 1. The van der Waals surface area contributed by atoms with Gasteiger partial charge in [0.25, 0.3) is 0 Å². The van der Waals surface area contributed by atoms with Crippen molar-refractivity contribution in [3.05, 3.63) is 57.6 Å². The second-order valence-electron chi connectivity index (χ2n) is 6.29. The van der Waals surface area contributed by atoms with Crippen LogP contribution >= 0.6 is 15.9 Å². The largest absolute Gasteiger partial charge is 0.490 e. The van der Waals surface area contributed by atoms with Crippen molar-refractivity contribution in [2.24, 2.45) is 0 Å². The zero-order chi connectivity index (χ0) is 20.8. The molecule has 0 radical (unpaired) electrons. The Balaban J connectivity index is 2.20. The maximum absolute atomic E-state index is 13.5. The lowest BCUT2D eigenvalue weighted by atomic mass is 10.1. The summed E-state index contributed by atoms with van der Waals surface area (Å²) in [5, 5.41) is 0. The van der Waals surface area contributed by atoms with Crippen LogP contribution in [0.3, 0.4) is 0 Å². The van der Waals surface area contributed by atoms with E-state index in [1.54, 1.807) is 26.1 Å². The number of benzene rings is 2.